The van der Waals surface area contributed by atoms with E-state index in [1.54, 1.807) is 29.2 Å². The lowest BCUT2D eigenvalue weighted by Crippen LogP contribution is -2.36. The van der Waals surface area contributed by atoms with Gasteiger partial charge in [-0.1, -0.05) is 17.7 Å². The van der Waals surface area contributed by atoms with Gasteiger partial charge in [0.05, 0.1) is 15.6 Å². The maximum Gasteiger partial charge on any atom is 0.240 e. The van der Waals surface area contributed by atoms with Crippen molar-refractivity contribution in [3.63, 3.8) is 0 Å². The molecule has 0 saturated heterocycles. The van der Waals surface area contributed by atoms with Crippen molar-refractivity contribution in [2.75, 3.05) is 16.8 Å². The van der Waals surface area contributed by atoms with Crippen LogP contribution in [0.4, 0.5) is 11.4 Å². The minimum absolute atomic E-state index is 0.0151. The maximum atomic E-state index is 12.7. The molecule has 0 aromatic heterocycles. The molecule has 32 heavy (non-hydrogen) atoms. The normalized spacial score (nSPS) is 17.8. The third-order valence-corrected chi connectivity index (χ3v) is 7.56. The Morgan fingerprint density at radius 3 is 2.59 bits per heavy atom. The van der Waals surface area contributed by atoms with Crippen LogP contribution in [-0.4, -0.2) is 32.8 Å². The summed E-state index contributed by atoms with van der Waals surface area (Å²) in [5.41, 5.74) is 3.11. The van der Waals surface area contributed by atoms with Gasteiger partial charge in [-0.2, -0.15) is 0 Å². The van der Waals surface area contributed by atoms with E-state index < -0.39 is 10.0 Å². The zero-order valence-corrected chi connectivity index (χ0v) is 19.6. The highest BCUT2D eigenvalue weighted by atomic mass is 35.5. The van der Waals surface area contributed by atoms with Gasteiger partial charge in [0, 0.05) is 30.6 Å². The number of sulfonamides is 1. The molecule has 4 rings (SSSR count). The van der Waals surface area contributed by atoms with Gasteiger partial charge in [0.25, 0.3) is 0 Å². The number of nitrogens with zero attached hydrogens (tertiary/aromatic N) is 1. The van der Waals surface area contributed by atoms with Gasteiger partial charge in [0.15, 0.2) is 0 Å². The Hall–Kier alpha value is -2.42. The molecule has 2 aliphatic rings. The highest BCUT2D eigenvalue weighted by molar-refractivity contribution is 7.89. The third-order valence-electron chi connectivity index (χ3n) is 5.78. The number of amides is 2. The third kappa shape index (κ3) is 4.82. The van der Waals surface area contributed by atoms with Crippen LogP contribution in [0.2, 0.25) is 5.02 Å². The van der Waals surface area contributed by atoms with Crippen LogP contribution in [0.3, 0.4) is 0 Å². The molecule has 1 fully saturated rings. The van der Waals surface area contributed by atoms with Gasteiger partial charge >= 0.3 is 0 Å². The molecule has 1 atom stereocenters. The lowest BCUT2D eigenvalue weighted by Gasteiger charge is -2.22. The Bertz CT molecular complexity index is 1180. The van der Waals surface area contributed by atoms with Crippen molar-refractivity contribution in [1.82, 2.24) is 4.72 Å². The lowest BCUT2D eigenvalue weighted by molar-refractivity contribution is -0.120. The molecule has 1 aliphatic heterocycles. The van der Waals surface area contributed by atoms with Crippen molar-refractivity contribution in [2.45, 2.75) is 50.5 Å². The zero-order valence-electron chi connectivity index (χ0n) is 18.0. The van der Waals surface area contributed by atoms with Crippen LogP contribution < -0.4 is 14.9 Å². The molecule has 0 bridgehead atoms. The van der Waals surface area contributed by atoms with Crippen molar-refractivity contribution in [1.29, 1.82) is 0 Å². The first-order valence-electron chi connectivity index (χ1n) is 10.7. The fourth-order valence-electron chi connectivity index (χ4n) is 3.95. The van der Waals surface area contributed by atoms with E-state index in [0.29, 0.717) is 17.1 Å². The first-order chi connectivity index (χ1) is 15.2. The van der Waals surface area contributed by atoms with Gasteiger partial charge in [0.1, 0.15) is 0 Å². The molecule has 0 spiro atoms. The quantitative estimate of drug-likeness (QED) is 0.639. The highest BCUT2D eigenvalue weighted by Gasteiger charge is 2.39. The Morgan fingerprint density at radius 2 is 1.91 bits per heavy atom. The summed E-state index contributed by atoms with van der Waals surface area (Å²) in [4.78, 5) is 26.7. The molecular formula is C23H26ClN3O4S. The van der Waals surface area contributed by atoms with Crippen LogP contribution in [0.5, 0.6) is 0 Å². The average molecular weight is 476 g/mol. The predicted octanol–water partition coefficient (Wildman–Crippen LogP) is 3.64. The average Bonchev–Trinajstić information content (AvgIpc) is 3.51. The first-order valence-corrected chi connectivity index (χ1v) is 12.5. The van der Waals surface area contributed by atoms with E-state index in [9.17, 15) is 18.0 Å². The fourth-order valence-corrected chi connectivity index (χ4v) is 5.32. The summed E-state index contributed by atoms with van der Waals surface area (Å²) in [5, 5.41) is 3.12. The SMILES string of the molecule is Cc1ccc(NC(=O)CCNS(=O)(=O)c2ccc3c(c2)CC(C)N3C(=O)C2CC2)c(Cl)c1. The maximum absolute atomic E-state index is 12.7. The fraction of sp³-hybridized carbons (Fsp3) is 0.391. The molecule has 9 heteroatoms. The van der Waals surface area contributed by atoms with Gasteiger partial charge in [-0.3, -0.25) is 9.59 Å². The topological polar surface area (TPSA) is 95.6 Å². The number of fused-ring (bicyclic) bond motifs is 1. The Kier molecular flexibility index (Phi) is 6.29. The summed E-state index contributed by atoms with van der Waals surface area (Å²) in [7, 11) is -3.78. The number of aryl methyl sites for hydroxylation is 1. The largest absolute Gasteiger partial charge is 0.325 e. The Balaban J connectivity index is 1.37. The van der Waals surface area contributed by atoms with Gasteiger partial charge in [-0.05, 0) is 74.6 Å². The van der Waals surface area contributed by atoms with Crippen LogP contribution in [0.1, 0.15) is 37.3 Å². The second-order valence-corrected chi connectivity index (χ2v) is 10.7. The number of hydrogen-bond donors (Lipinski definition) is 2. The van der Waals surface area contributed by atoms with Crippen LogP contribution in [0, 0.1) is 12.8 Å². The zero-order chi connectivity index (χ0) is 23.0. The molecule has 2 amide bonds. The molecule has 2 aromatic rings. The summed E-state index contributed by atoms with van der Waals surface area (Å²) in [6, 6.07) is 10.1. The van der Waals surface area contributed by atoms with Crippen molar-refractivity contribution >= 4 is 44.8 Å². The minimum atomic E-state index is -3.78. The summed E-state index contributed by atoms with van der Waals surface area (Å²) in [6.45, 7) is 3.83. The Morgan fingerprint density at radius 1 is 1.16 bits per heavy atom. The Labute approximate surface area is 193 Å². The molecule has 2 N–H and O–H groups in total. The second kappa shape index (κ2) is 8.84. The summed E-state index contributed by atoms with van der Waals surface area (Å²) in [6.07, 6.45) is 2.45. The molecule has 1 aliphatic carbocycles. The number of carbonyl (C=O) groups is 2. The molecule has 7 nitrogen and oxygen atoms in total. The number of carbonyl (C=O) groups excluding carboxylic acids is 2. The van der Waals surface area contributed by atoms with E-state index in [4.69, 9.17) is 11.6 Å². The number of hydrogen-bond acceptors (Lipinski definition) is 4. The van der Waals surface area contributed by atoms with Gasteiger partial charge in [0.2, 0.25) is 21.8 Å². The summed E-state index contributed by atoms with van der Waals surface area (Å²) < 4.78 is 27.9. The van der Waals surface area contributed by atoms with Gasteiger partial charge in [-0.15, -0.1) is 0 Å². The summed E-state index contributed by atoms with van der Waals surface area (Å²) in [5.74, 6) is -0.102. The number of nitrogens with one attached hydrogen (secondary N) is 2. The standard InChI is InChI=1S/C23H26ClN3O4S/c1-14-3-7-20(19(24)11-14)26-22(28)9-10-25-32(30,31)18-6-8-21-17(13-18)12-15(2)27(21)23(29)16-4-5-16/h3,6-8,11,13,15-16,25H,4-5,9-10,12H2,1-2H3,(H,26,28). The number of halogens is 1. The van der Waals surface area contributed by atoms with E-state index in [0.717, 1.165) is 29.7 Å². The van der Waals surface area contributed by atoms with Crippen molar-refractivity contribution < 1.29 is 18.0 Å². The molecule has 1 saturated carbocycles. The monoisotopic (exact) mass is 475 g/mol. The summed E-state index contributed by atoms with van der Waals surface area (Å²) >= 11 is 6.12. The van der Waals surface area contributed by atoms with Crippen LogP contribution in [0.15, 0.2) is 41.3 Å². The molecule has 170 valence electrons. The van der Waals surface area contributed by atoms with E-state index in [1.807, 2.05) is 19.9 Å². The van der Waals surface area contributed by atoms with E-state index in [2.05, 4.69) is 10.0 Å². The lowest BCUT2D eigenvalue weighted by atomic mass is 10.1. The van der Waals surface area contributed by atoms with Crippen LogP contribution in [-0.2, 0) is 26.0 Å². The number of benzene rings is 2. The van der Waals surface area contributed by atoms with Gasteiger partial charge < -0.3 is 10.2 Å². The number of rotatable bonds is 7. The molecule has 1 unspecified atom stereocenters. The van der Waals surface area contributed by atoms with Crippen molar-refractivity contribution in [3.8, 4) is 0 Å². The van der Waals surface area contributed by atoms with E-state index in [-0.39, 0.29) is 41.6 Å². The van der Waals surface area contributed by atoms with Crippen molar-refractivity contribution in [2.24, 2.45) is 5.92 Å². The van der Waals surface area contributed by atoms with Crippen molar-refractivity contribution in [3.05, 3.63) is 52.5 Å². The smallest absolute Gasteiger partial charge is 0.240 e. The first kappa shape index (κ1) is 22.8. The van der Waals surface area contributed by atoms with Crippen LogP contribution in [0.25, 0.3) is 0 Å². The molecule has 0 radical (unpaired) electrons. The van der Waals surface area contributed by atoms with E-state index in [1.165, 1.54) is 6.07 Å². The molecular weight excluding hydrogens is 450 g/mol. The van der Waals surface area contributed by atoms with Gasteiger partial charge in [-0.25, -0.2) is 13.1 Å². The number of anilines is 2. The highest BCUT2D eigenvalue weighted by Crippen LogP contribution is 2.39. The predicted molar refractivity (Wildman–Crippen MR) is 124 cm³/mol. The second-order valence-electron chi connectivity index (χ2n) is 8.51. The van der Waals surface area contributed by atoms with E-state index >= 15 is 0 Å². The minimum Gasteiger partial charge on any atom is -0.325 e. The molecule has 2 aromatic carbocycles. The van der Waals surface area contributed by atoms with Crippen LogP contribution >= 0.6 is 11.6 Å². The molecule has 1 heterocycles.